The summed E-state index contributed by atoms with van der Waals surface area (Å²) in [6.07, 6.45) is 2.00. The largest absolute Gasteiger partial charge is 0.325 e. The van der Waals surface area contributed by atoms with E-state index in [1.807, 2.05) is 0 Å². The van der Waals surface area contributed by atoms with Crippen molar-refractivity contribution in [2.45, 2.75) is 30.0 Å². The molecule has 3 rings (SSSR count). The molecule has 0 radical (unpaired) electrons. The average Bonchev–Trinajstić information content (AvgIpc) is 2.93. The van der Waals surface area contributed by atoms with Crippen molar-refractivity contribution in [3.8, 4) is 0 Å². The molecule has 1 saturated carbocycles. The fourth-order valence-electron chi connectivity index (χ4n) is 2.15. The maximum atomic E-state index is 12.4. The quantitative estimate of drug-likeness (QED) is 0.833. The van der Waals surface area contributed by atoms with E-state index in [1.165, 1.54) is 15.6 Å². The van der Waals surface area contributed by atoms with Gasteiger partial charge in [-0.25, -0.2) is 8.42 Å². The molecule has 1 saturated heterocycles. The van der Waals surface area contributed by atoms with E-state index in [-0.39, 0.29) is 25.2 Å². The highest BCUT2D eigenvalue weighted by molar-refractivity contribution is 7.91. The van der Waals surface area contributed by atoms with Crippen LogP contribution in [0.3, 0.4) is 0 Å². The predicted molar refractivity (Wildman–Crippen MR) is 67.7 cm³/mol. The highest BCUT2D eigenvalue weighted by Crippen LogP contribution is 2.32. The number of carbonyl (C=O) groups is 1. The van der Waals surface area contributed by atoms with Crippen molar-refractivity contribution in [3.63, 3.8) is 0 Å². The van der Waals surface area contributed by atoms with Crippen molar-refractivity contribution in [2.75, 3.05) is 13.2 Å². The summed E-state index contributed by atoms with van der Waals surface area (Å²) in [7, 11) is -3.51. The molecule has 0 aromatic carbocycles. The summed E-state index contributed by atoms with van der Waals surface area (Å²) in [6, 6.07) is 2.05. The minimum Gasteiger partial charge on any atom is -0.325 e. The number of hydrogen-bond donors (Lipinski definition) is 0. The second kappa shape index (κ2) is 4.04. The van der Waals surface area contributed by atoms with Gasteiger partial charge in [0.05, 0.1) is 13.2 Å². The fraction of sp³-hybridized carbons (Fsp3) is 0.545. The Morgan fingerprint density at radius 2 is 2.11 bits per heavy atom. The normalized spacial score (nSPS) is 21.8. The minimum absolute atomic E-state index is 0.0177. The van der Waals surface area contributed by atoms with Gasteiger partial charge in [-0.15, -0.1) is 11.3 Å². The molecule has 1 aromatic rings. The van der Waals surface area contributed by atoms with Crippen LogP contribution in [0.25, 0.3) is 0 Å². The van der Waals surface area contributed by atoms with Gasteiger partial charge in [0, 0.05) is 6.04 Å². The zero-order valence-electron chi connectivity index (χ0n) is 10.00. The van der Waals surface area contributed by atoms with E-state index in [0.29, 0.717) is 4.21 Å². The lowest BCUT2D eigenvalue weighted by atomic mass is 10.4. The Bertz CT molecular complexity index is 589. The molecule has 0 N–H and O–H groups in total. The lowest BCUT2D eigenvalue weighted by molar-refractivity contribution is -0.127. The smallest absolute Gasteiger partial charge is 0.254 e. The molecule has 7 heteroatoms. The molecule has 2 fully saturated rings. The molecule has 0 bridgehead atoms. The van der Waals surface area contributed by atoms with Crippen LogP contribution in [0.2, 0.25) is 0 Å². The van der Waals surface area contributed by atoms with E-state index < -0.39 is 10.0 Å². The number of carbonyl (C=O) groups excluding carboxylic acids is 1. The molecule has 2 aliphatic rings. The number of rotatable bonds is 3. The van der Waals surface area contributed by atoms with Crippen LogP contribution >= 0.6 is 11.3 Å². The molecule has 0 spiro atoms. The molecular formula is C11H14N2O3S2. The second-order valence-corrected chi connectivity index (χ2v) is 7.79. The summed E-state index contributed by atoms with van der Waals surface area (Å²) in [6.45, 7) is 1.97. The third kappa shape index (κ3) is 1.86. The lowest BCUT2D eigenvalue weighted by Crippen LogP contribution is -2.32. The van der Waals surface area contributed by atoms with Gasteiger partial charge in [-0.1, -0.05) is 0 Å². The van der Waals surface area contributed by atoms with Gasteiger partial charge in [-0.3, -0.25) is 4.79 Å². The number of thiophene rings is 1. The Kier molecular flexibility index (Phi) is 2.72. The highest BCUT2D eigenvalue weighted by Gasteiger charge is 2.43. The topological polar surface area (TPSA) is 57.7 Å². The third-order valence-corrected chi connectivity index (χ3v) is 6.76. The maximum Gasteiger partial charge on any atom is 0.254 e. The molecule has 0 atom stereocenters. The van der Waals surface area contributed by atoms with Gasteiger partial charge in [0.1, 0.15) is 4.21 Å². The van der Waals surface area contributed by atoms with Gasteiger partial charge in [0.15, 0.2) is 0 Å². The molecular weight excluding hydrogens is 272 g/mol. The van der Waals surface area contributed by atoms with Gasteiger partial charge in [-0.2, -0.15) is 4.31 Å². The molecule has 5 nitrogen and oxygen atoms in total. The summed E-state index contributed by atoms with van der Waals surface area (Å²) in [5.74, 6) is -0.0738. The molecule has 2 heterocycles. The molecule has 0 unspecified atom stereocenters. The van der Waals surface area contributed by atoms with Crippen LogP contribution in [-0.4, -0.2) is 42.8 Å². The van der Waals surface area contributed by atoms with Gasteiger partial charge in [0.2, 0.25) is 5.91 Å². The van der Waals surface area contributed by atoms with Gasteiger partial charge < -0.3 is 4.90 Å². The predicted octanol–water partition coefficient (Wildman–Crippen LogP) is 1.01. The first-order valence-corrected chi connectivity index (χ1v) is 8.16. The van der Waals surface area contributed by atoms with Crippen molar-refractivity contribution in [1.82, 2.24) is 9.21 Å². The van der Waals surface area contributed by atoms with E-state index in [1.54, 1.807) is 23.3 Å². The Morgan fingerprint density at radius 3 is 2.67 bits per heavy atom. The summed E-state index contributed by atoms with van der Waals surface area (Å²) >= 11 is 1.21. The standard InChI is InChI=1S/C11H14N2O3S2/c1-8-4-5-17-11(8)18(15,16)12-6-10(14)13(7-12)9-2-3-9/h4-5,9H,2-3,6-7H2,1H3. The van der Waals surface area contributed by atoms with Crippen molar-refractivity contribution in [1.29, 1.82) is 0 Å². The number of hydrogen-bond acceptors (Lipinski definition) is 4. The van der Waals surface area contributed by atoms with E-state index in [4.69, 9.17) is 0 Å². The second-order valence-electron chi connectivity index (χ2n) is 4.74. The van der Waals surface area contributed by atoms with Gasteiger partial charge in [0.25, 0.3) is 10.0 Å². The summed E-state index contributed by atoms with van der Waals surface area (Å²) in [4.78, 5) is 13.5. The Labute approximate surface area is 110 Å². The van der Waals surface area contributed by atoms with Crippen LogP contribution < -0.4 is 0 Å². The lowest BCUT2D eigenvalue weighted by Gasteiger charge is -2.17. The number of amides is 1. The Balaban J connectivity index is 1.87. The van der Waals surface area contributed by atoms with Gasteiger partial charge in [-0.05, 0) is 36.8 Å². The summed E-state index contributed by atoms with van der Waals surface area (Å²) in [5.41, 5.74) is 0.748. The molecule has 1 aliphatic heterocycles. The molecule has 1 aliphatic carbocycles. The number of nitrogens with zero attached hydrogens (tertiary/aromatic N) is 2. The SMILES string of the molecule is Cc1ccsc1S(=O)(=O)N1CC(=O)N(C2CC2)C1. The maximum absolute atomic E-state index is 12.4. The van der Waals surface area contributed by atoms with Gasteiger partial charge >= 0.3 is 0 Å². The van der Waals surface area contributed by atoms with E-state index in [9.17, 15) is 13.2 Å². The van der Waals surface area contributed by atoms with E-state index >= 15 is 0 Å². The first kappa shape index (κ1) is 12.1. The monoisotopic (exact) mass is 286 g/mol. The molecule has 1 amide bonds. The first-order chi connectivity index (χ1) is 8.50. The number of aryl methyl sites for hydroxylation is 1. The van der Waals surface area contributed by atoms with Crippen molar-refractivity contribution < 1.29 is 13.2 Å². The van der Waals surface area contributed by atoms with Crippen LogP contribution in [0, 0.1) is 6.92 Å². The molecule has 1 aromatic heterocycles. The average molecular weight is 286 g/mol. The van der Waals surface area contributed by atoms with Crippen LogP contribution in [0.4, 0.5) is 0 Å². The van der Waals surface area contributed by atoms with Crippen LogP contribution in [0.1, 0.15) is 18.4 Å². The summed E-state index contributed by atoms with van der Waals surface area (Å²) in [5, 5.41) is 1.76. The van der Waals surface area contributed by atoms with Crippen molar-refractivity contribution in [2.24, 2.45) is 0 Å². The Hall–Kier alpha value is -0.920. The van der Waals surface area contributed by atoms with Crippen LogP contribution in [0.5, 0.6) is 0 Å². The van der Waals surface area contributed by atoms with Crippen molar-refractivity contribution in [3.05, 3.63) is 17.0 Å². The summed E-state index contributed by atoms with van der Waals surface area (Å²) < 4.78 is 26.5. The number of sulfonamides is 1. The molecule has 18 heavy (non-hydrogen) atoms. The minimum atomic E-state index is -3.51. The van der Waals surface area contributed by atoms with Crippen LogP contribution in [-0.2, 0) is 14.8 Å². The zero-order valence-corrected chi connectivity index (χ0v) is 11.6. The van der Waals surface area contributed by atoms with Crippen LogP contribution in [0.15, 0.2) is 15.7 Å². The van der Waals surface area contributed by atoms with E-state index in [2.05, 4.69) is 0 Å². The first-order valence-electron chi connectivity index (χ1n) is 5.84. The molecule has 98 valence electrons. The zero-order chi connectivity index (χ0) is 12.9. The van der Waals surface area contributed by atoms with E-state index in [0.717, 1.165) is 18.4 Å². The Morgan fingerprint density at radius 1 is 1.39 bits per heavy atom. The fourth-order valence-corrected chi connectivity index (χ4v) is 5.03. The van der Waals surface area contributed by atoms with Crippen molar-refractivity contribution >= 4 is 27.3 Å². The highest BCUT2D eigenvalue weighted by atomic mass is 32.2. The third-order valence-electron chi connectivity index (χ3n) is 3.32.